The third-order valence-electron chi connectivity index (χ3n) is 10.7. The lowest BCUT2D eigenvalue weighted by Gasteiger charge is -2.43. The molecule has 4 rings (SSSR count). The second-order valence-corrected chi connectivity index (χ2v) is 15.2. The summed E-state index contributed by atoms with van der Waals surface area (Å²) in [7, 11) is 0. The predicted molar refractivity (Wildman–Crippen MR) is 217 cm³/mol. The number of amides is 1. The topological polar surface area (TPSA) is 108 Å². The Morgan fingerprint density at radius 1 is 0.704 bits per heavy atom. The van der Waals surface area contributed by atoms with Crippen molar-refractivity contribution in [1.82, 2.24) is 10.2 Å². The quantitative estimate of drug-likeness (QED) is 0.0742. The molecule has 1 saturated heterocycles. The molecule has 296 valence electrons. The van der Waals surface area contributed by atoms with Crippen molar-refractivity contribution in [2.45, 2.75) is 142 Å². The average Bonchev–Trinajstić information content (AvgIpc) is 3.19. The molecule has 3 aromatic rings. The molecule has 1 amide bonds. The summed E-state index contributed by atoms with van der Waals surface area (Å²) in [6.07, 6.45) is 14.4. The lowest BCUT2D eigenvalue weighted by Crippen LogP contribution is -2.45. The summed E-state index contributed by atoms with van der Waals surface area (Å²) in [6, 6.07) is 24.5. The smallest absolute Gasteiger partial charge is 0.303 e. The summed E-state index contributed by atoms with van der Waals surface area (Å²) in [5.74, 6) is -1.15. The minimum Gasteiger partial charge on any atom is -0.481 e. The maximum absolute atomic E-state index is 12.2. The van der Waals surface area contributed by atoms with Gasteiger partial charge in [-0.1, -0.05) is 146 Å². The maximum atomic E-state index is 12.2. The van der Waals surface area contributed by atoms with Crippen LogP contribution >= 0.6 is 0 Å². The molecule has 4 atom stereocenters. The van der Waals surface area contributed by atoms with Gasteiger partial charge in [0.25, 0.3) is 0 Å². The molecule has 8 nitrogen and oxygen atoms in total. The molecule has 1 aliphatic heterocycles. The Kier molecular flexibility index (Phi) is 19.2. The lowest BCUT2D eigenvalue weighted by molar-refractivity contribution is -0.276. The minimum atomic E-state index is -0.983. The average molecular weight is 743 g/mol. The second-order valence-electron chi connectivity index (χ2n) is 15.2. The number of rotatable bonds is 25. The van der Waals surface area contributed by atoms with Crippen LogP contribution in [0.4, 0.5) is 0 Å². The Morgan fingerprint density at radius 2 is 1.31 bits per heavy atom. The zero-order valence-electron chi connectivity index (χ0n) is 33.1. The Morgan fingerprint density at radius 3 is 1.94 bits per heavy atom. The number of carboxylic acids is 1. The number of aliphatic hydroxyl groups is 1. The van der Waals surface area contributed by atoms with Crippen molar-refractivity contribution in [3.63, 3.8) is 0 Å². The summed E-state index contributed by atoms with van der Waals surface area (Å²) >= 11 is 0. The normalized spacial score (nSPS) is 18.5. The summed E-state index contributed by atoms with van der Waals surface area (Å²) in [5, 5.41) is 21.5. The zero-order valence-corrected chi connectivity index (χ0v) is 33.1. The van der Waals surface area contributed by atoms with Gasteiger partial charge in [-0.15, -0.1) is 0 Å². The Balaban J connectivity index is 1.53. The highest BCUT2D eigenvalue weighted by atomic mass is 16.7. The Bertz CT molecular complexity index is 1510. The molecule has 54 heavy (non-hydrogen) atoms. The molecule has 8 heteroatoms. The number of ether oxygens (including phenoxy) is 2. The van der Waals surface area contributed by atoms with E-state index in [0.29, 0.717) is 6.54 Å². The van der Waals surface area contributed by atoms with Gasteiger partial charge in [0.15, 0.2) is 6.29 Å². The van der Waals surface area contributed by atoms with Gasteiger partial charge in [0.2, 0.25) is 5.91 Å². The first kappa shape index (κ1) is 43.2. The molecule has 1 aliphatic rings. The number of nitrogens with one attached hydrogen (secondary N) is 1. The van der Waals surface area contributed by atoms with Crippen LogP contribution in [0.15, 0.2) is 72.8 Å². The highest BCUT2D eigenvalue weighted by molar-refractivity contribution is 5.80. The van der Waals surface area contributed by atoms with Crippen molar-refractivity contribution in [3.05, 3.63) is 95.1 Å². The molecule has 0 bridgehead atoms. The monoisotopic (exact) mass is 742 g/mol. The lowest BCUT2D eigenvalue weighted by atomic mass is 9.89. The first-order valence-electron chi connectivity index (χ1n) is 20.7. The van der Waals surface area contributed by atoms with E-state index in [1.807, 2.05) is 30.3 Å². The standard InChI is InChI=1S/C46H66N2O6/c1-4-6-8-10-12-14-28-48(29-15-13-11-9-7-5-2)33-42-35(3)45(38-24-22-36(34-49)23-25-38)54-46(53-42)41-21-17-20-40(31-41)39-19-16-18-37(30-39)32-47-43(50)26-27-44(51)52/h16-25,30-31,35,42,45-46,49H,4-15,26-29,32-34H2,1-3H3,(H,47,50)(H,51,52). The van der Waals surface area contributed by atoms with Gasteiger partial charge < -0.3 is 29.9 Å². The molecule has 0 saturated carbocycles. The number of carbonyl (C=O) groups is 2. The Hall–Kier alpha value is -3.56. The van der Waals surface area contributed by atoms with Gasteiger partial charge in [-0.2, -0.15) is 0 Å². The van der Waals surface area contributed by atoms with E-state index in [4.69, 9.17) is 14.6 Å². The fourth-order valence-electron chi connectivity index (χ4n) is 7.34. The van der Waals surface area contributed by atoms with Crippen LogP contribution in [0.2, 0.25) is 0 Å². The number of hydrogen-bond acceptors (Lipinski definition) is 6. The molecule has 0 spiro atoms. The van der Waals surface area contributed by atoms with Crippen molar-refractivity contribution in [3.8, 4) is 11.1 Å². The molecular formula is C46H66N2O6. The van der Waals surface area contributed by atoms with Crippen molar-refractivity contribution >= 4 is 11.9 Å². The number of aliphatic hydroxyl groups excluding tert-OH is 1. The van der Waals surface area contributed by atoms with Gasteiger partial charge in [-0.3, -0.25) is 9.59 Å². The number of aliphatic carboxylic acids is 1. The van der Waals surface area contributed by atoms with Gasteiger partial charge in [0, 0.05) is 31.0 Å². The molecular weight excluding hydrogens is 677 g/mol. The SMILES string of the molecule is CCCCCCCCN(CCCCCCCC)CC1OC(c2cccc(-c3cccc(CNC(=O)CCC(=O)O)c3)c2)OC(c2ccc(CO)cc2)C1C. The molecule has 0 aromatic heterocycles. The zero-order chi connectivity index (χ0) is 38.5. The van der Waals surface area contributed by atoms with Crippen LogP contribution in [0.25, 0.3) is 11.1 Å². The maximum Gasteiger partial charge on any atom is 0.303 e. The van der Waals surface area contributed by atoms with Crippen LogP contribution in [0, 0.1) is 5.92 Å². The van der Waals surface area contributed by atoms with Gasteiger partial charge >= 0.3 is 5.97 Å². The number of nitrogens with zero attached hydrogens (tertiary/aromatic N) is 1. The summed E-state index contributed by atoms with van der Waals surface area (Å²) in [5.41, 5.74) is 5.88. The molecule has 0 aliphatic carbocycles. The van der Waals surface area contributed by atoms with E-state index >= 15 is 0 Å². The van der Waals surface area contributed by atoms with E-state index in [1.54, 1.807) is 0 Å². The van der Waals surface area contributed by atoms with Crippen molar-refractivity contribution < 1.29 is 29.3 Å². The fourth-order valence-corrected chi connectivity index (χ4v) is 7.34. The van der Waals surface area contributed by atoms with Gasteiger partial charge in [0.1, 0.15) is 0 Å². The number of carboxylic acid groups (broad SMARTS) is 1. The van der Waals surface area contributed by atoms with Gasteiger partial charge in [-0.05, 0) is 65.9 Å². The van der Waals surface area contributed by atoms with Crippen LogP contribution in [0.1, 0.15) is 145 Å². The van der Waals surface area contributed by atoms with Crippen LogP contribution in [0.5, 0.6) is 0 Å². The second kappa shape index (κ2) is 24.1. The first-order chi connectivity index (χ1) is 26.3. The largest absolute Gasteiger partial charge is 0.481 e. The third-order valence-corrected chi connectivity index (χ3v) is 10.7. The van der Waals surface area contributed by atoms with Gasteiger partial charge in [-0.25, -0.2) is 0 Å². The van der Waals surface area contributed by atoms with Crippen LogP contribution in [-0.4, -0.2) is 52.7 Å². The van der Waals surface area contributed by atoms with E-state index in [9.17, 15) is 14.7 Å². The van der Waals surface area contributed by atoms with E-state index in [-0.39, 0.29) is 43.5 Å². The summed E-state index contributed by atoms with van der Waals surface area (Å²) in [6.45, 7) is 10.1. The highest BCUT2D eigenvalue weighted by Gasteiger charge is 2.39. The van der Waals surface area contributed by atoms with E-state index < -0.39 is 12.3 Å². The molecule has 0 radical (unpaired) electrons. The highest BCUT2D eigenvalue weighted by Crippen LogP contribution is 2.42. The van der Waals surface area contributed by atoms with Crippen molar-refractivity contribution in [2.24, 2.45) is 5.92 Å². The van der Waals surface area contributed by atoms with E-state index in [2.05, 4.69) is 73.5 Å². The summed E-state index contributed by atoms with van der Waals surface area (Å²) in [4.78, 5) is 25.7. The van der Waals surface area contributed by atoms with E-state index in [1.165, 1.54) is 77.0 Å². The molecule has 3 N–H and O–H groups in total. The van der Waals surface area contributed by atoms with Gasteiger partial charge in [0.05, 0.1) is 25.2 Å². The van der Waals surface area contributed by atoms with Crippen molar-refractivity contribution in [2.75, 3.05) is 19.6 Å². The predicted octanol–water partition coefficient (Wildman–Crippen LogP) is 10.1. The minimum absolute atomic E-state index is 0.00660. The molecule has 1 fully saturated rings. The van der Waals surface area contributed by atoms with Crippen LogP contribution in [-0.2, 0) is 32.2 Å². The number of hydrogen-bond donors (Lipinski definition) is 3. The first-order valence-corrected chi connectivity index (χ1v) is 20.7. The van der Waals surface area contributed by atoms with Crippen LogP contribution < -0.4 is 5.32 Å². The number of benzene rings is 3. The third kappa shape index (κ3) is 14.6. The molecule has 3 aromatic carbocycles. The Labute approximate surface area is 324 Å². The number of unbranched alkanes of at least 4 members (excludes halogenated alkanes) is 10. The van der Waals surface area contributed by atoms with Crippen molar-refractivity contribution in [1.29, 1.82) is 0 Å². The van der Waals surface area contributed by atoms with Crippen LogP contribution in [0.3, 0.4) is 0 Å². The fraction of sp³-hybridized carbons (Fsp3) is 0.565. The number of carbonyl (C=O) groups excluding carboxylic acids is 1. The molecule has 4 unspecified atom stereocenters. The molecule has 1 heterocycles. The van der Waals surface area contributed by atoms with E-state index in [0.717, 1.165) is 53.0 Å². The summed E-state index contributed by atoms with van der Waals surface area (Å²) < 4.78 is 13.8.